The van der Waals surface area contributed by atoms with E-state index >= 15 is 0 Å². The fraction of sp³-hybridized carbons (Fsp3) is 0.350. The Labute approximate surface area is 146 Å². The van der Waals surface area contributed by atoms with Crippen LogP contribution in [0.4, 0.5) is 0 Å². The number of rotatable bonds is 11. The van der Waals surface area contributed by atoms with E-state index in [-0.39, 0.29) is 6.04 Å². The third-order valence-electron chi connectivity index (χ3n) is 4.02. The zero-order valence-corrected chi connectivity index (χ0v) is 14.9. The van der Waals surface area contributed by atoms with E-state index in [1.807, 2.05) is 31.4 Å². The van der Waals surface area contributed by atoms with Crippen molar-refractivity contribution < 1.29 is 0 Å². The molecule has 1 saturated heterocycles. The van der Waals surface area contributed by atoms with Crippen LogP contribution in [0, 0.1) is 0 Å². The topological polar surface area (TPSA) is 30.9 Å². The smallest absolute Gasteiger partial charge is 0.0801 e. The van der Waals surface area contributed by atoms with Crippen molar-refractivity contribution >= 4 is 6.72 Å². The zero-order valence-electron chi connectivity index (χ0n) is 14.9. The Hall–Kier alpha value is -2.49. The number of hydrogen-bond acceptors (Lipinski definition) is 4. The van der Waals surface area contributed by atoms with Gasteiger partial charge in [-0.2, -0.15) is 5.10 Å². The van der Waals surface area contributed by atoms with E-state index < -0.39 is 0 Å². The lowest BCUT2D eigenvalue weighted by Crippen LogP contribution is -2.37. The van der Waals surface area contributed by atoms with Gasteiger partial charge in [-0.1, -0.05) is 50.6 Å². The maximum atomic E-state index is 4.23. The summed E-state index contributed by atoms with van der Waals surface area (Å²) < 4.78 is 0. The van der Waals surface area contributed by atoms with Crippen molar-refractivity contribution in [2.24, 2.45) is 5.10 Å². The Morgan fingerprint density at radius 2 is 2.12 bits per heavy atom. The van der Waals surface area contributed by atoms with E-state index in [1.165, 1.54) is 0 Å². The van der Waals surface area contributed by atoms with Crippen LogP contribution in [0.15, 0.2) is 78.9 Å². The van der Waals surface area contributed by atoms with Gasteiger partial charge in [-0.15, -0.1) is 0 Å². The standard InChI is InChI=1S/C20H30N4/c1-7-11-19(9-3)15-22-18(5)20-12-10-14-24(20)17(4)16-23(21-6)13-8-2/h7-9,11,13,20,22H,1,3-6,10,12,14-16H2,2H3/b13-8-,19-11+. The summed E-state index contributed by atoms with van der Waals surface area (Å²) >= 11 is 0. The van der Waals surface area contributed by atoms with E-state index in [1.54, 1.807) is 11.1 Å². The van der Waals surface area contributed by atoms with Gasteiger partial charge in [0.25, 0.3) is 0 Å². The minimum absolute atomic E-state index is 0.254. The molecule has 4 nitrogen and oxygen atoms in total. The zero-order chi connectivity index (χ0) is 17.9. The normalized spacial score (nSPS) is 17.6. The summed E-state index contributed by atoms with van der Waals surface area (Å²) in [6.07, 6.45) is 11.6. The molecule has 1 unspecified atom stereocenters. The number of nitrogens with zero attached hydrogens (tertiary/aromatic N) is 3. The van der Waals surface area contributed by atoms with Crippen LogP contribution in [-0.2, 0) is 0 Å². The highest BCUT2D eigenvalue weighted by atomic mass is 15.4. The summed E-state index contributed by atoms with van der Waals surface area (Å²) in [4.78, 5) is 2.31. The minimum atomic E-state index is 0.254. The highest BCUT2D eigenvalue weighted by Gasteiger charge is 2.28. The van der Waals surface area contributed by atoms with Gasteiger partial charge in [0.05, 0.1) is 12.6 Å². The Morgan fingerprint density at radius 1 is 1.38 bits per heavy atom. The fourth-order valence-corrected chi connectivity index (χ4v) is 2.79. The summed E-state index contributed by atoms with van der Waals surface area (Å²) in [6.45, 7) is 23.9. The lowest BCUT2D eigenvalue weighted by Gasteiger charge is -2.32. The first-order valence-corrected chi connectivity index (χ1v) is 8.24. The molecule has 0 aromatic carbocycles. The number of hydrazone groups is 1. The second kappa shape index (κ2) is 10.3. The van der Waals surface area contributed by atoms with E-state index in [9.17, 15) is 0 Å². The second-order valence-corrected chi connectivity index (χ2v) is 5.70. The molecule has 0 aromatic rings. The molecule has 0 spiro atoms. The predicted octanol–water partition coefficient (Wildman–Crippen LogP) is 3.82. The average Bonchev–Trinajstić information content (AvgIpc) is 3.07. The third kappa shape index (κ3) is 5.61. The molecule has 4 heteroatoms. The van der Waals surface area contributed by atoms with Crippen molar-refractivity contribution in [1.82, 2.24) is 15.2 Å². The summed E-state index contributed by atoms with van der Waals surface area (Å²) in [5, 5.41) is 9.19. The largest absolute Gasteiger partial charge is 0.383 e. The summed E-state index contributed by atoms with van der Waals surface area (Å²) in [6, 6.07) is 0.254. The average molecular weight is 326 g/mol. The van der Waals surface area contributed by atoms with Crippen LogP contribution in [0.25, 0.3) is 0 Å². The first-order valence-electron chi connectivity index (χ1n) is 8.24. The molecule has 0 radical (unpaired) electrons. The van der Waals surface area contributed by atoms with E-state index in [4.69, 9.17) is 0 Å². The van der Waals surface area contributed by atoms with Crippen molar-refractivity contribution in [3.8, 4) is 0 Å². The summed E-state index contributed by atoms with van der Waals surface area (Å²) in [5.74, 6) is 0. The van der Waals surface area contributed by atoms with Gasteiger partial charge in [0.15, 0.2) is 0 Å². The third-order valence-corrected chi connectivity index (χ3v) is 4.02. The number of hydrogen-bond donors (Lipinski definition) is 1. The number of likely N-dealkylation sites (tertiary alicyclic amines) is 1. The fourth-order valence-electron chi connectivity index (χ4n) is 2.79. The molecule has 0 amide bonds. The maximum absolute atomic E-state index is 4.23. The van der Waals surface area contributed by atoms with E-state index in [2.05, 4.69) is 48.4 Å². The van der Waals surface area contributed by atoms with Crippen LogP contribution in [0.1, 0.15) is 19.8 Å². The minimum Gasteiger partial charge on any atom is -0.383 e. The van der Waals surface area contributed by atoms with Crippen molar-refractivity contribution in [1.29, 1.82) is 0 Å². The Morgan fingerprint density at radius 3 is 2.71 bits per heavy atom. The molecular weight excluding hydrogens is 296 g/mol. The molecule has 1 heterocycles. The predicted molar refractivity (Wildman–Crippen MR) is 106 cm³/mol. The van der Waals surface area contributed by atoms with Crippen LogP contribution in [0.3, 0.4) is 0 Å². The molecule has 1 aliphatic rings. The summed E-state index contributed by atoms with van der Waals surface area (Å²) in [7, 11) is 0. The van der Waals surface area contributed by atoms with Crippen LogP contribution < -0.4 is 5.32 Å². The quantitative estimate of drug-likeness (QED) is 0.356. The van der Waals surface area contributed by atoms with Crippen LogP contribution in [0.2, 0.25) is 0 Å². The van der Waals surface area contributed by atoms with Gasteiger partial charge in [0.2, 0.25) is 0 Å². The van der Waals surface area contributed by atoms with Gasteiger partial charge in [0.1, 0.15) is 0 Å². The number of allylic oxidation sites excluding steroid dienone is 3. The number of nitrogens with one attached hydrogen (secondary N) is 1. The highest BCUT2D eigenvalue weighted by Crippen LogP contribution is 2.25. The van der Waals surface area contributed by atoms with Gasteiger partial charge in [-0.05, 0) is 25.3 Å². The molecule has 1 atom stereocenters. The molecule has 0 aromatic heterocycles. The Bertz CT molecular complexity index is 542. The monoisotopic (exact) mass is 326 g/mol. The molecular formula is C20H30N4. The van der Waals surface area contributed by atoms with E-state index in [0.29, 0.717) is 13.1 Å². The van der Waals surface area contributed by atoms with Gasteiger partial charge in [0, 0.05) is 37.4 Å². The molecule has 1 rings (SSSR count). The molecule has 24 heavy (non-hydrogen) atoms. The van der Waals surface area contributed by atoms with Gasteiger partial charge in [-0.3, -0.25) is 5.01 Å². The Balaban J connectivity index is 2.66. The van der Waals surface area contributed by atoms with Gasteiger partial charge < -0.3 is 10.2 Å². The first kappa shape index (κ1) is 19.6. The molecule has 0 saturated carbocycles. The van der Waals surface area contributed by atoms with Crippen molar-refractivity contribution in [3.63, 3.8) is 0 Å². The molecule has 1 fully saturated rings. The Kier molecular flexibility index (Phi) is 8.41. The SMILES string of the molecule is C=C/C=C(\C=C)CNC(=C)C1CCCN1C(=C)CN(/C=C\C)N=C. The first-order chi connectivity index (χ1) is 11.6. The van der Waals surface area contributed by atoms with Crippen LogP contribution in [-0.4, -0.2) is 42.3 Å². The maximum Gasteiger partial charge on any atom is 0.0801 e. The van der Waals surface area contributed by atoms with Crippen LogP contribution >= 0.6 is 0 Å². The van der Waals surface area contributed by atoms with Crippen molar-refractivity contribution in [2.45, 2.75) is 25.8 Å². The highest BCUT2D eigenvalue weighted by molar-refractivity contribution is 5.25. The molecule has 1 aliphatic heterocycles. The van der Waals surface area contributed by atoms with E-state index in [0.717, 1.165) is 36.4 Å². The van der Waals surface area contributed by atoms with Crippen LogP contribution in [0.5, 0.6) is 0 Å². The second-order valence-electron chi connectivity index (χ2n) is 5.70. The van der Waals surface area contributed by atoms with Crippen molar-refractivity contribution in [3.05, 3.63) is 73.8 Å². The molecule has 1 N–H and O–H groups in total. The van der Waals surface area contributed by atoms with Gasteiger partial charge >= 0.3 is 0 Å². The lowest BCUT2D eigenvalue weighted by atomic mass is 10.1. The molecule has 0 aliphatic carbocycles. The molecule has 0 bridgehead atoms. The lowest BCUT2D eigenvalue weighted by molar-refractivity contribution is 0.301. The van der Waals surface area contributed by atoms with Gasteiger partial charge in [-0.25, -0.2) is 0 Å². The molecule has 130 valence electrons. The van der Waals surface area contributed by atoms with Crippen molar-refractivity contribution in [2.75, 3.05) is 19.6 Å². The summed E-state index contributed by atoms with van der Waals surface area (Å²) in [5.41, 5.74) is 3.12.